The van der Waals surface area contributed by atoms with Crippen LogP contribution in [0.3, 0.4) is 0 Å². The molecule has 1 nitrogen and oxygen atoms in total. The first-order chi connectivity index (χ1) is 6.90. The van der Waals surface area contributed by atoms with Gasteiger partial charge in [0.2, 0.25) is 0 Å². The summed E-state index contributed by atoms with van der Waals surface area (Å²) in [7, 11) is 0. The van der Waals surface area contributed by atoms with Crippen LogP contribution in [-0.2, 0) is 0 Å². The topological polar surface area (TPSA) is 12.0 Å². The Morgan fingerprint density at radius 2 is 2.00 bits per heavy atom. The minimum absolute atomic E-state index is 0.865. The Morgan fingerprint density at radius 1 is 1.21 bits per heavy atom. The lowest BCUT2D eigenvalue weighted by atomic mass is 9.78. The molecule has 82 valence electrons. The zero-order valence-electron chi connectivity index (χ0n) is 9.60. The molecule has 0 aromatic heterocycles. The third-order valence-corrected chi connectivity index (χ3v) is 3.96. The van der Waals surface area contributed by atoms with Crippen molar-refractivity contribution in [1.29, 1.82) is 0 Å². The summed E-state index contributed by atoms with van der Waals surface area (Å²) in [5.74, 6) is 2.14. The van der Waals surface area contributed by atoms with E-state index in [1.54, 1.807) is 0 Å². The van der Waals surface area contributed by atoms with Gasteiger partial charge in [-0.2, -0.15) is 0 Å². The average molecular weight is 195 g/mol. The van der Waals surface area contributed by atoms with Crippen molar-refractivity contribution in [2.75, 3.05) is 6.54 Å². The standard InChI is InChI=1S/C13H25N/c1-2-10-14-13(12-4-3-5-12)9-8-11-6-7-11/h11-14H,2-10H2,1H3. The second-order valence-corrected chi connectivity index (χ2v) is 5.27. The maximum Gasteiger partial charge on any atom is 0.00954 e. The summed E-state index contributed by atoms with van der Waals surface area (Å²) in [6, 6.07) is 0.865. The summed E-state index contributed by atoms with van der Waals surface area (Å²) in [6.07, 6.45) is 11.7. The van der Waals surface area contributed by atoms with Crippen LogP contribution in [0, 0.1) is 11.8 Å². The predicted octanol–water partition coefficient (Wildman–Crippen LogP) is 3.34. The van der Waals surface area contributed by atoms with Crippen molar-refractivity contribution in [1.82, 2.24) is 5.32 Å². The van der Waals surface area contributed by atoms with E-state index >= 15 is 0 Å². The van der Waals surface area contributed by atoms with E-state index in [0.29, 0.717) is 0 Å². The Labute approximate surface area is 88.7 Å². The van der Waals surface area contributed by atoms with Gasteiger partial charge in [-0.15, -0.1) is 0 Å². The predicted molar refractivity (Wildman–Crippen MR) is 61.4 cm³/mol. The zero-order valence-corrected chi connectivity index (χ0v) is 9.60. The van der Waals surface area contributed by atoms with E-state index in [-0.39, 0.29) is 0 Å². The van der Waals surface area contributed by atoms with Crippen LogP contribution in [0.15, 0.2) is 0 Å². The first kappa shape index (κ1) is 10.5. The molecule has 0 saturated heterocycles. The molecule has 1 N–H and O–H groups in total. The molecule has 0 radical (unpaired) electrons. The fraction of sp³-hybridized carbons (Fsp3) is 1.00. The van der Waals surface area contributed by atoms with E-state index in [4.69, 9.17) is 0 Å². The molecule has 2 saturated carbocycles. The minimum Gasteiger partial charge on any atom is -0.314 e. The van der Waals surface area contributed by atoms with Crippen molar-refractivity contribution in [3.63, 3.8) is 0 Å². The second-order valence-electron chi connectivity index (χ2n) is 5.27. The molecule has 2 rings (SSSR count). The molecular weight excluding hydrogens is 170 g/mol. The third kappa shape index (κ3) is 2.98. The fourth-order valence-electron chi connectivity index (χ4n) is 2.50. The summed E-state index contributed by atoms with van der Waals surface area (Å²) in [5, 5.41) is 3.75. The van der Waals surface area contributed by atoms with Crippen LogP contribution in [-0.4, -0.2) is 12.6 Å². The summed E-state index contributed by atoms with van der Waals surface area (Å²) < 4.78 is 0. The highest BCUT2D eigenvalue weighted by Gasteiger charge is 2.29. The lowest BCUT2D eigenvalue weighted by Gasteiger charge is -2.34. The largest absolute Gasteiger partial charge is 0.314 e. The van der Waals surface area contributed by atoms with E-state index in [1.165, 1.54) is 57.9 Å². The molecule has 2 aliphatic carbocycles. The molecule has 2 fully saturated rings. The van der Waals surface area contributed by atoms with Crippen LogP contribution < -0.4 is 5.32 Å². The van der Waals surface area contributed by atoms with Gasteiger partial charge >= 0.3 is 0 Å². The Bertz CT molecular complexity index is 159. The summed E-state index contributed by atoms with van der Waals surface area (Å²) in [5.41, 5.74) is 0. The van der Waals surface area contributed by atoms with Crippen LogP contribution in [0.1, 0.15) is 58.3 Å². The van der Waals surface area contributed by atoms with E-state index in [0.717, 1.165) is 17.9 Å². The lowest BCUT2D eigenvalue weighted by molar-refractivity contribution is 0.215. The van der Waals surface area contributed by atoms with Gasteiger partial charge in [0.05, 0.1) is 0 Å². The Kier molecular flexibility index (Phi) is 3.86. The molecule has 0 aliphatic heterocycles. The van der Waals surface area contributed by atoms with Crippen LogP contribution >= 0.6 is 0 Å². The maximum absolute atomic E-state index is 3.75. The van der Waals surface area contributed by atoms with Gasteiger partial charge in [0, 0.05) is 6.04 Å². The quantitative estimate of drug-likeness (QED) is 0.657. The maximum atomic E-state index is 3.75. The van der Waals surface area contributed by atoms with Crippen molar-refractivity contribution < 1.29 is 0 Å². The first-order valence-corrected chi connectivity index (χ1v) is 6.63. The summed E-state index contributed by atoms with van der Waals surface area (Å²) in [4.78, 5) is 0. The van der Waals surface area contributed by atoms with Crippen molar-refractivity contribution in [2.45, 2.75) is 64.3 Å². The van der Waals surface area contributed by atoms with E-state index in [1.807, 2.05) is 0 Å². The molecule has 0 spiro atoms. The Hall–Kier alpha value is -0.0400. The molecule has 0 amide bonds. The van der Waals surface area contributed by atoms with E-state index < -0.39 is 0 Å². The van der Waals surface area contributed by atoms with Gasteiger partial charge in [-0.25, -0.2) is 0 Å². The van der Waals surface area contributed by atoms with Crippen molar-refractivity contribution in [3.8, 4) is 0 Å². The van der Waals surface area contributed by atoms with Crippen LogP contribution in [0.5, 0.6) is 0 Å². The third-order valence-electron chi connectivity index (χ3n) is 3.96. The van der Waals surface area contributed by atoms with Crippen molar-refractivity contribution in [2.24, 2.45) is 11.8 Å². The average Bonchev–Trinajstić information content (AvgIpc) is 2.89. The van der Waals surface area contributed by atoms with Crippen molar-refractivity contribution in [3.05, 3.63) is 0 Å². The number of hydrogen-bond donors (Lipinski definition) is 1. The Morgan fingerprint density at radius 3 is 2.50 bits per heavy atom. The van der Waals surface area contributed by atoms with Crippen LogP contribution in [0.2, 0.25) is 0 Å². The van der Waals surface area contributed by atoms with Gasteiger partial charge in [-0.1, -0.05) is 26.2 Å². The molecule has 0 heterocycles. The van der Waals surface area contributed by atoms with E-state index in [2.05, 4.69) is 12.2 Å². The molecular formula is C13H25N. The van der Waals surface area contributed by atoms with Crippen LogP contribution in [0.4, 0.5) is 0 Å². The highest BCUT2D eigenvalue weighted by atomic mass is 14.9. The molecule has 14 heavy (non-hydrogen) atoms. The van der Waals surface area contributed by atoms with E-state index in [9.17, 15) is 0 Å². The normalized spacial score (nSPS) is 24.6. The molecule has 0 aromatic rings. The highest BCUT2D eigenvalue weighted by Crippen LogP contribution is 2.37. The van der Waals surface area contributed by atoms with Gasteiger partial charge < -0.3 is 5.32 Å². The van der Waals surface area contributed by atoms with Crippen LogP contribution in [0.25, 0.3) is 0 Å². The molecule has 0 aromatic carbocycles. The lowest BCUT2D eigenvalue weighted by Crippen LogP contribution is -2.39. The zero-order chi connectivity index (χ0) is 9.80. The molecule has 2 aliphatic rings. The SMILES string of the molecule is CCCNC(CCC1CC1)C1CCC1. The van der Waals surface area contributed by atoms with Gasteiger partial charge in [-0.3, -0.25) is 0 Å². The number of rotatable bonds is 7. The first-order valence-electron chi connectivity index (χ1n) is 6.63. The Balaban J connectivity index is 1.66. The summed E-state index contributed by atoms with van der Waals surface area (Å²) >= 11 is 0. The molecule has 0 bridgehead atoms. The van der Waals surface area contributed by atoms with Gasteiger partial charge in [0.1, 0.15) is 0 Å². The minimum atomic E-state index is 0.865. The van der Waals surface area contributed by atoms with Crippen molar-refractivity contribution >= 4 is 0 Å². The highest BCUT2D eigenvalue weighted by molar-refractivity contribution is 4.85. The van der Waals surface area contributed by atoms with Gasteiger partial charge in [0.25, 0.3) is 0 Å². The smallest absolute Gasteiger partial charge is 0.00954 e. The second kappa shape index (κ2) is 5.16. The monoisotopic (exact) mass is 195 g/mol. The van der Waals surface area contributed by atoms with Gasteiger partial charge in [0.15, 0.2) is 0 Å². The molecule has 1 unspecified atom stereocenters. The number of nitrogens with one attached hydrogen (secondary N) is 1. The fourth-order valence-corrected chi connectivity index (χ4v) is 2.50. The summed E-state index contributed by atoms with van der Waals surface area (Å²) in [6.45, 7) is 3.50. The molecule has 1 atom stereocenters. The van der Waals surface area contributed by atoms with Gasteiger partial charge in [-0.05, 0) is 50.5 Å². The molecule has 1 heteroatoms. The number of hydrogen-bond acceptors (Lipinski definition) is 1.